The van der Waals surface area contributed by atoms with Crippen LogP contribution in [-0.4, -0.2) is 20.8 Å². The van der Waals surface area contributed by atoms with Crippen LogP contribution in [0.3, 0.4) is 0 Å². The fourth-order valence-corrected chi connectivity index (χ4v) is 2.65. The van der Waals surface area contributed by atoms with Crippen LogP contribution < -0.4 is 5.32 Å². The number of carbonyl (C=O) groups is 1. The molecule has 0 spiro atoms. The molecule has 0 unspecified atom stereocenters. The third-order valence-corrected chi connectivity index (χ3v) is 3.44. The van der Waals surface area contributed by atoms with Crippen molar-refractivity contribution in [2.45, 2.75) is 53.1 Å². The van der Waals surface area contributed by atoms with E-state index in [9.17, 15) is 4.79 Å². The maximum absolute atomic E-state index is 12.2. The molecule has 0 saturated heterocycles. The topological polar surface area (TPSA) is 73.0 Å². The van der Waals surface area contributed by atoms with Gasteiger partial charge in [0.1, 0.15) is 5.76 Å². The summed E-state index contributed by atoms with van der Waals surface area (Å²) in [4.78, 5) is 12.2. The molecule has 0 radical (unpaired) electrons. The Morgan fingerprint density at radius 2 is 2.10 bits per heavy atom. The van der Waals surface area contributed by atoms with E-state index in [-0.39, 0.29) is 5.91 Å². The minimum absolute atomic E-state index is 0.0202. The Hall–Kier alpha value is -2.11. The average Bonchev–Trinajstić information content (AvgIpc) is 2.93. The zero-order chi connectivity index (χ0) is 15.6. The molecule has 6 heteroatoms. The van der Waals surface area contributed by atoms with Gasteiger partial charge in [-0.05, 0) is 40.2 Å². The molecule has 0 fully saturated rings. The zero-order valence-electron chi connectivity index (χ0n) is 13.2. The Labute approximate surface area is 124 Å². The van der Waals surface area contributed by atoms with Gasteiger partial charge in [-0.25, -0.2) is 0 Å². The number of carbonyl (C=O) groups excluding carboxylic acids is 1. The van der Waals surface area contributed by atoms with E-state index in [1.165, 1.54) is 0 Å². The molecule has 0 aliphatic carbocycles. The number of hydrogen-bond donors (Lipinski definition) is 1. The maximum Gasteiger partial charge on any atom is 0.222 e. The summed E-state index contributed by atoms with van der Waals surface area (Å²) >= 11 is 0. The molecule has 2 rings (SSSR count). The minimum atomic E-state index is -0.509. The van der Waals surface area contributed by atoms with Crippen LogP contribution in [0.15, 0.2) is 16.9 Å². The Bertz CT molecular complexity index is 620. The van der Waals surface area contributed by atoms with Crippen LogP contribution in [0.2, 0.25) is 0 Å². The molecule has 1 N–H and O–H groups in total. The van der Waals surface area contributed by atoms with E-state index in [4.69, 9.17) is 4.52 Å². The molecule has 0 bridgehead atoms. The largest absolute Gasteiger partial charge is 0.361 e. The predicted octanol–water partition coefficient (Wildman–Crippen LogP) is 2.24. The van der Waals surface area contributed by atoms with Crippen LogP contribution in [0, 0.1) is 20.8 Å². The van der Waals surface area contributed by atoms with Gasteiger partial charge in [-0.1, -0.05) is 5.16 Å². The molecule has 2 aromatic heterocycles. The quantitative estimate of drug-likeness (QED) is 0.916. The summed E-state index contributed by atoms with van der Waals surface area (Å²) in [6, 6.07) is 0. The number of hydrogen-bond acceptors (Lipinski definition) is 4. The van der Waals surface area contributed by atoms with E-state index >= 15 is 0 Å². The van der Waals surface area contributed by atoms with Crippen molar-refractivity contribution < 1.29 is 9.32 Å². The van der Waals surface area contributed by atoms with Crippen molar-refractivity contribution in [2.75, 3.05) is 0 Å². The lowest BCUT2D eigenvalue weighted by atomic mass is 9.92. The van der Waals surface area contributed by atoms with Crippen molar-refractivity contribution in [2.24, 2.45) is 0 Å². The van der Waals surface area contributed by atoms with Crippen LogP contribution >= 0.6 is 0 Å². The van der Waals surface area contributed by atoms with Crippen molar-refractivity contribution >= 4 is 5.91 Å². The molecular formula is C15H22N4O2. The molecule has 2 heterocycles. The van der Waals surface area contributed by atoms with E-state index in [0.29, 0.717) is 13.0 Å². The van der Waals surface area contributed by atoms with Crippen LogP contribution in [-0.2, 0) is 16.9 Å². The van der Waals surface area contributed by atoms with Crippen molar-refractivity contribution in [3.8, 4) is 0 Å². The molecule has 2 aromatic rings. The first-order valence-corrected chi connectivity index (χ1v) is 7.03. The number of nitrogens with one attached hydrogen (secondary N) is 1. The molecule has 0 aliphatic heterocycles. The van der Waals surface area contributed by atoms with Crippen molar-refractivity contribution in [3.05, 3.63) is 35.0 Å². The van der Waals surface area contributed by atoms with Crippen LogP contribution in [0.5, 0.6) is 0 Å². The standard InChI is InChI=1S/C15H22N4O2/c1-10-8-16-19(9-10)7-6-13(20)17-15(4,5)14-11(2)18-21-12(14)3/h8-9H,6-7H2,1-5H3,(H,17,20). The highest BCUT2D eigenvalue weighted by atomic mass is 16.5. The second kappa shape index (κ2) is 5.71. The number of rotatable bonds is 5. The molecule has 1 amide bonds. The third kappa shape index (κ3) is 3.51. The first-order chi connectivity index (χ1) is 9.79. The summed E-state index contributed by atoms with van der Waals surface area (Å²) in [5.41, 5.74) is 2.32. The average molecular weight is 290 g/mol. The normalized spacial score (nSPS) is 11.7. The van der Waals surface area contributed by atoms with Gasteiger partial charge in [-0.2, -0.15) is 5.10 Å². The zero-order valence-corrected chi connectivity index (χ0v) is 13.2. The van der Waals surface area contributed by atoms with Crippen molar-refractivity contribution in [1.82, 2.24) is 20.3 Å². The van der Waals surface area contributed by atoms with Gasteiger partial charge in [-0.3, -0.25) is 9.48 Å². The molecule has 0 aromatic carbocycles. The number of nitrogens with zero attached hydrogens (tertiary/aromatic N) is 3. The lowest BCUT2D eigenvalue weighted by Gasteiger charge is -2.26. The van der Waals surface area contributed by atoms with Crippen LogP contribution in [0.1, 0.15) is 42.8 Å². The molecule has 0 aliphatic rings. The molecule has 6 nitrogen and oxygen atoms in total. The Balaban J connectivity index is 1.98. The second-order valence-corrected chi connectivity index (χ2v) is 5.90. The molecule has 21 heavy (non-hydrogen) atoms. The lowest BCUT2D eigenvalue weighted by Crippen LogP contribution is -2.42. The number of aromatic nitrogens is 3. The molecule has 0 atom stereocenters. The number of amides is 1. The first-order valence-electron chi connectivity index (χ1n) is 7.03. The SMILES string of the molecule is Cc1cnn(CCC(=O)NC(C)(C)c2c(C)noc2C)c1. The summed E-state index contributed by atoms with van der Waals surface area (Å²) < 4.78 is 6.96. The highest BCUT2D eigenvalue weighted by Crippen LogP contribution is 2.26. The number of aryl methyl sites for hydroxylation is 4. The van der Waals surface area contributed by atoms with Crippen molar-refractivity contribution in [3.63, 3.8) is 0 Å². The van der Waals surface area contributed by atoms with Gasteiger partial charge in [0.25, 0.3) is 0 Å². The fraction of sp³-hybridized carbons (Fsp3) is 0.533. The van der Waals surface area contributed by atoms with Gasteiger partial charge in [-0.15, -0.1) is 0 Å². The van der Waals surface area contributed by atoms with Gasteiger partial charge in [0.15, 0.2) is 0 Å². The Kier molecular flexibility index (Phi) is 4.16. The minimum Gasteiger partial charge on any atom is -0.361 e. The lowest BCUT2D eigenvalue weighted by molar-refractivity contribution is -0.123. The monoisotopic (exact) mass is 290 g/mol. The first kappa shape index (κ1) is 15.3. The van der Waals surface area contributed by atoms with Gasteiger partial charge >= 0.3 is 0 Å². The predicted molar refractivity (Wildman–Crippen MR) is 78.7 cm³/mol. The summed E-state index contributed by atoms with van der Waals surface area (Å²) in [5, 5.41) is 11.2. The summed E-state index contributed by atoms with van der Waals surface area (Å²) in [5.74, 6) is 0.716. The van der Waals surface area contributed by atoms with Crippen LogP contribution in [0.25, 0.3) is 0 Å². The Morgan fingerprint density at radius 3 is 2.62 bits per heavy atom. The summed E-state index contributed by atoms with van der Waals surface area (Å²) in [7, 11) is 0. The maximum atomic E-state index is 12.2. The van der Waals surface area contributed by atoms with Gasteiger partial charge in [0, 0.05) is 24.7 Å². The Morgan fingerprint density at radius 1 is 1.38 bits per heavy atom. The van der Waals surface area contributed by atoms with Crippen molar-refractivity contribution in [1.29, 1.82) is 0 Å². The smallest absolute Gasteiger partial charge is 0.222 e. The van der Waals surface area contributed by atoms with E-state index in [1.807, 2.05) is 40.8 Å². The fourth-order valence-electron chi connectivity index (χ4n) is 2.65. The highest BCUT2D eigenvalue weighted by molar-refractivity contribution is 5.77. The van der Waals surface area contributed by atoms with E-state index < -0.39 is 5.54 Å². The van der Waals surface area contributed by atoms with Gasteiger partial charge in [0.2, 0.25) is 5.91 Å². The van der Waals surface area contributed by atoms with E-state index in [0.717, 1.165) is 22.6 Å². The summed E-state index contributed by atoms with van der Waals surface area (Å²) in [6.45, 7) is 10.2. The van der Waals surface area contributed by atoms with Gasteiger partial charge in [0.05, 0.1) is 17.4 Å². The third-order valence-electron chi connectivity index (χ3n) is 3.44. The molecular weight excluding hydrogens is 268 g/mol. The highest BCUT2D eigenvalue weighted by Gasteiger charge is 2.29. The van der Waals surface area contributed by atoms with E-state index in [1.54, 1.807) is 10.9 Å². The molecule has 0 saturated carbocycles. The van der Waals surface area contributed by atoms with Gasteiger partial charge < -0.3 is 9.84 Å². The molecule has 114 valence electrons. The van der Waals surface area contributed by atoms with E-state index in [2.05, 4.69) is 15.6 Å². The second-order valence-electron chi connectivity index (χ2n) is 5.90. The van der Waals surface area contributed by atoms with Crippen LogP contribution in [0.4, 0.5) is 0 Å². The summed E-state index contributed by atoms with van der Waals surface area (Å²) in [6.07, 6.45) is 4.09.